The van der Waals surface area contributed by atoms with Crippen molar-refractivity contribution >= 4 is 10.0 Å². The molecule has 1 aliphatic heterocycles. The molecule has 2 rings (SSSR count). The van der Waals surface area contributed by atoms with E-state index in [0.717, 1.165) is 0 Å². The molecule has 0 spiro atoms. The van der Waals surface area contributed by atoms with Crippen molar-refractivity contribution in [2.75, 3.05) is 26.3 Å². The third-order valence-corrected chi connectivity index (χ3v) is 3.57. The van der Waals surface area contributed by atoms with Crippen LogP contribution >= 0.6 is 0 Å². The molecule has 1 aliphatic rings. The predicted octanol–water partition coefficient (Wildman–Crippen LogP) is -0.703. The molecule has 1 aromatic heterocycles. The van der Waals surface area contributed by atoms with Crippen molar-refractivity contribution in [1.29, 1.82) is 0 Å². The van der Waals surface area contributed by atoms with E-state index in [1.54, 1.807) is 5.01 Å². The van der Waals surface area contributed by atoms with Gasteiger partial charge in [-0.05, 0) is 12.1 Å². The Morgan fingerprint density at radius 3 is 2.65 bits per heavy atom. The molecule has 0 saturated carbocycles. The average Bonchev–Trinajstić information content (AvgIpc) is 2.79. The van der Waals surface area contributed by atoms with Crippen LogP contribution in [0, 0.1) is 0 Å². The van der Waals surface area contributed by atoms with Crippen LogP contribution in [0.3, 0.4) is 0 Å². The fourth-order valence-electron chi connectivity index (χ4n) is 1.46. The Morgan fingerprint density at radius 2 is 2.06 bits per heavy atom. The van der Waals surface area contributed by atoms with Crippen LogP contribution < -0.4 is 4.83 Å². The molecule has 0 unspecified atom stereocenters. The van der Waals surface area contributed by atoms with Gasteiger partial charge in [0.2, 0.25) is 5.09 Å². The zero-order valence-corrected chi connectivity index (χ0v) is 9.94. The summed E-state index contributed by atoms with van der Waals surface area (Å²) in [5, 5.41) is 10.2. The Kier molecular flexibility index (Phi) is 3.79. The van der Waals surface area contributed by atoms with Crippen LogP contribution in [0.2, 0.25) is 0 Å². The van der Waals surface area contributed by atoms with Gasteiger partial charge >= 0.3 is 0 Å². The van der Waals surface area contributed by atoms with Crippen molar-refractivity contribution in [3.63, 3.8) is 0 Å². The summed E-state index contributed by atoms with van der Waals surface area (Å²) in [4.78, 5) is 2.40. The summed E-state index contributed by atoms with van der Waals surface area (Å²) < 4.78 is 33.8. The molecule has 1 aromatic rings. The van der Waals surface area contributed by atoms with Crippen molar-refractivity contribution in [3.8, 4) is 0 Å². The first-order valence-electron chi connectivity index (χ1n) is 5.16. The zero-order chi connectivity index (χ0) is 12.3. The van der Waals surface area contributed by atoms with E-state index in [2.05, 4.69) is 4.83 Å². The van der Waals surface area contributed by atoms with Crippen LogP contribution in [-0.2, 0) is 21.4 Å². The molecule has 0 radical (unpaired) electrons. The summed E-state index contributed by atoms with van der Waals surface area (Å²) in [6.45, 7) is 1.64. The summed E-state index contributed by atoms with van der Waals surface area (Å²) in [7, 11) is -3.71. The van der Waals surface area contributed by atoms with Crippen molar-refractivity contribution in [1.82, 2.24) is 9.84 Å². The Labute approximate surface area is 99.0 Å². The van der Waals surface area contributed by atoms with Gasteiger partial charge < -0.3 is 14.3 Å². The smallest absolute Gasteiger partial charge is 0.286 e. The first kappa shape index (κ1) is 12.5. The quantitative estimate of drug-likeness (QED) is 0.745. The number of nitrogens with zero attached hydrogens (tertiary/aromatic N) is 1. The number of aliphatic hydroxyl groups is 1. The minimum absolute atomic E-state index is 0.201. The standard InChI is InChI=1S/C9H14N2O5S/c12-7-8-1-2-9(16-8)17(13,14)10-11-3-5-15-6-4-11/h1-2,10,12H,3-7H2. The first-order valence-corrected chi connectivity index (χ1v) is 6.65. The van der Waals surface area contributed by atoms with Crippen LogP contribution in [-0.4, -0.2) is 44.8 Å². The van der Waals surface area contributed by atoms with E-state index in [1.807, 2.05) is 0 Å². The highest BCUT2D eigenvalue weighted by Gasteiger charge is 2.23. The highest BCUT2D eigenvalue weighted by atomic mass is 32.2. The topological polar surface area (TPSA) is 92.0 Å². The molecule has 2 heterocycles. The third-order valence-electron chi connectivity index (χ3n) is 2.32. The second kappa shape index (κ2) is 5.15. The Hall–Kier alpha value is -0.930. The van der Waals surface area contributed by atoms with Gasteiger partial charge in [0.25, 0.3) is 10.0 Å². The zero-order valence-electron chi connectivity index (χ0n) is 9.13. The van der Waals surface area contributed by atoms with Gasteiger partial charge in [0.05, 0.1) is 13.2 Å². The maximum Gasteiger partial charge on any atom is 0.286 e. The molecular formula is C9H14N2O5S. The Morgan fingerprint density at radius 1 is 1.35 bits per heavy atom. The molecule has 96 valence electrons. The van der Waals surface area contributed by atoms with Gasteiger partial charge in [0.15, 0.2) is 0 Å². The maximum absolute atomic E-state index is 11.9. The van der Waals surface area contributed by atoms with E-state index in [0.29, 0.717) is 26.3 Å². The van der Waals surface area contributed by atoms with Crippen LogP contribution in [0.25, 0.3) is 0 Å². The maximum atomic E-state index is 11.9. The normalized spacial score (nSPS) is 18.4. The monoisotopic (exact) mass is 262 g/mol. The number of morpholine rings is 1. The predicted molar refractivity (Wildman–Crippen MR) is 57.3 cm³/mol. The fourth-order valence-corrected chi connectivity index (χ4v) is 2.53. The lowest BCUT2D eigenvalue weighted by molar-refractivity contribution is 0.0269. The van der Waals surface area contributed by atoms with Gasteiger partial charge in [-0.15, -0.1) is 4.83 Å². The van der Waals surface area contributed by atoms with Crippen molar-refractivity contribution < 1.29 is 22.7 Å². The SMILES string of the molecule is O=S(=O)(NN1CCOCC1)c1ccc(CO)o1. The lowest BCUT2D eigenvalue weighted by atomic mass is 10.5. The second-order valence-corrected chi connectivity index (χ2v) is 5.16. The van der Waals surface area contributed by atoms with E-state index in [9.17, 15) is 8.42 Å². The average molecular weight is 262 g/mol. The fraction of sp³-hybridized carbons (Fsp3) is 0.556. The van der Waals surface area contributed by atoms with Crippen molar-refractivity contribution in [3.05, 3.63) is 17.9 Å². The molecule has 7 nitrogen and oxygen atoms in total. The molecule has 0 aliphatic carbocycles. The number of hydrogen-bond acceptors (Lipinski definition) is 6. The summed E-state index contributed by atoms with van der Waals surface area (Å²) in [5.41, 5.74) is 0. The number of hydrazine groups is 1. The third kappa shape index (κ3) is 3.05. The highest BCUT2D eigenvalue weighted by molar-refractivity contribution is 7.89. The Bertz CT molecular complexity index is 463. The molecule has 0 amide bonds. The number of ether oxygens (including phenoxy) is 1. The molecule has 0 atom stereocenters. The number of rotatable bonds is 4. The van der Waals surface area contributed by atoms with Crippen LogP contribution in [0.4, 0.5) is 0 Å². The van der Waals surface area contributed by atoms with Gasteiger partial charge in [0, 0.05) is 13.1 Å². The van der Waals surface area contributed by atoms with E-state index in [1.165, 1.54) is 12.1 Å². The summed E-state index contributed by atoms with van der Waals surface area (Å²) in [6, 6.07) is 2.74. The molecule has 8 heteroatoms. The molecule has 0 bridgehead atoms. The molecule has 1 saturated heterocycles. The molecule has 2 N–H and O–H groups in total. The number of aliphatic hydroxyl groups excluding tert-OH is 1. The van der Waals surface area contributed by atoms with Gasteiger partial charge in [-0.2, -0.15) is 0 Å². The van der Waals surface area contributed by atoms with E-state index in [4.69, 9.17) is 14.3 Å². The van der Waals surface area contributed by atoms with Crippen LogP contribution in [0.5, 0.6) is 0 Å². The highest BCUT2D eigenvalue weighted by Crippen LogP contribution is 2.14. The molecule has 1 fully saturated rings. The number of nitrogens with one attached hydrogen (secondary N) is 1. The number of hydrogen-bond donors (Lipinski definition) is 2. The van der Waals surface area contributed by atoms with Crippen molar-refractivity contribution in [2.24, 2.45) is 0 Å². The van der Waals surface area contributed by atoms with E-state index < -0.39 is 10.0 Å². The second-order valence-electron chi connectivity index (χ2n) is 3.57. The molecular weight excluding hydrogens is 248 g/mol. The lowest BCUT2D eigenvalue weighted by Crippen LogP contribution is -2.48. The molecule has 0 aromatic carbocycles. The van der Waals surface area contributed by atoms with E-state index >= 15 is 0 Å². The summed E-state index contributed by atoms with van der Waals surface area (Å²) in [6.07, 6.45) is 0. The van der Waals surface area contributed by atoms with Gasteiger partial charge in [0.1, 0.15) is 12.4 Å². The first-order chi connectivity index (χ1) is 8.12. The lowest BCUT2D eigenvalue weighted by Gasteiger charge is -2.26. The van der Waals surface area contributed by atoms with E-state index in [-0.39, 0.29) is 17.5 Å². The number of furan rings is 1. The van der Waals surface area contributed by atoms with Crippen LogP contribution in [0.1, 0.15) is 5.76 Å². The van der Waals surface area contributed by atoms with Gasteiger partial charge in [-0.1, -0.05) is 0 Å². The van der Waals surface area contributed by atoms with Crippen molar-refractivity contribution in [2.45, 2.75) is 11.7 Å². The minimum atomic E-state index is -3.71. The van der Waals surface area contributed by atoms with Crippen LogP contribution in [0.15, 0.2) is 21.6 Å². The summed E-state index contributed by atoms with van der Waals surface area (Å²) in [5.74, 6) is 0.215. The largest absolute Gasteiger partial charge is 0.446 e. The minimum Gasteiger partial charge on any atom is -0.446 e. The van der Waals surface area contributed by atoms with Gasteiger partial charge in [-0.25, -0.2) is 13.4 Å². The molecule has 17 heavy (non-hydrogen) atoms. The van der Waals surface area contributed by atoms with Gasteiger partial charge in [-0.3, -0.25) is 0 Å². The Balaban J connectivity index is 2.07. The summed E-state index contributed by atoms with van der Waals surface area (Å²) >= 11 is 0. The number of sulfonamides is 1.